The van der Waals surface area contributed by atoms with Crippen molar-refractivity contribution in [1.29, 1.82) is 5.26 Å². The van der Waals surface area contributed by atoms with Crippen molar-refractivity contribution in [2.45, 2.75) is 31.3 Å². The van der Waals surface area contributed by atoms with Crippen molar-refractivity contribution in [3.05, 3.63) is 95.6 Å². The van der Waals surface area contributed by atoms with Crippen molar-refractivity contribution >= 4 is 34.9 Å². The van der Waals surface area contributed by atoms with E-state index in [9.17, 15) is 13.6 Å². The van der Waals surface area contributed by atoms with Crippen LogP contribution in [0.4, 0.5) is 20.2 Å². The lowest BCUT2D eigenvalue weighted by molar-refractivity contribution is 0.112. The lowest BCUT2D eigenvalue weighted by Gasteiger charge is -2.33. The van der Waals surface area contributed by atoms with Gasteiger partial charge in [0.25, 0.3) is 0 Å². The lowest BCUT2D eigenvalue weighted by Crippen LogP contribution is -2.36. The molecule has 1 aliphatic rings. The number of benzene rings is 2. The number of carbonyl (C=O) groups excluding carboxylic acids is 1. The Morgan fingerprint density at radius 2 is 1.95 bits per heavy atom. The molecule has 40 heavy (non-hydrogen) atoms. The number of allylic oxidation sites excluding steroid dienone is 1. The average Bonchev–Trinajstić information content (AvgIpc) is 3.46. The SMILES string of the molecule is CC(C)(C#N)c1cc(F)cc(C=O)c1.CNc1cc(N(C)C2N=CC=CC2c2ncnc3[nH]ccc23)ccc1F. The number of hydrogen-bond donors (Lipinski definition) is 2. The summed E-state index contributed by atoms with van der Waals surface area (Å²) in [5.41, 5.74) is 3.04. The van der Waals surface area contributed by atoms with Crippen LogP contribution < -0.4 is 10.2 Å². The molecule has 5 rings (SSSR count). The Labute approximate surface area is 231 Å². The second-order valence-electron chi connectivity index (χ2n) is 9.77. The molecule has 204 valence electrons. The molecule has 0 bridgehead atoms. The standard InChI is InChI=1S/C19H19FN6.C11H10FNO/c1-21-16-10-12(5-6-15(16)20)26(2)19-14(4-3-8-23-19)17-13-7-9-22-18(13)25-11-24-17;1-11(2,7-13)9-3-8(6-14)4-10(12)5-9/h3-11,14,19,21H,1-2H3,(H,22,24,25);3-6H,1-2H3. The van der Waals surface area contributed by atoms with E-state index in [-0.39, 0.29) is 23.5 Å². The summed E-state index contributed by atoms with van der Waals surface area (Å²) in [7, 11) is 3.66. The topological polar surface area (TPSA) is 110 Å². The van der Waals surface area contributed by atoms with E-state index >= 15 is 0 Å². The molecule has 2 atom stereocenters. The van der Waals surface area contributed by atoms with Crippen molar-refractivity contribution in [1.82, 2.24) is 15.0 Å². The fourth-order valence-electron chi connectivity index (χ4n) is 4.41. The van der Waals surface area contributed by atoms with Crippen LogP contribution in [0.1, 0.15) is 41.4 Å². The summed E-state index contributed by atoms with van der Waals surface area (Å²) in [5.74, 6) is -0.819. The smallest absolute Gasteiger partial charge is 0.150 e. The summed E-state index contributed by atoms with van der Waals surface area (Å²) in [4.78, 5) is 29.1. The third-order valence-corrected chi connectivity index (χ3v) is 6.75. The highest BCUT2D eigenvalue weighted by molar-refractivity contribution is 5.80. The van der Waals surface area contributed by atoms with Crippen molar-refractivity contribution < 1.29 is 13.6 Å². The van der Waals surface area contributed by atoms with Gasteiger partial charge in [0, 0.05) is 43.1 Å². The fourth-order valence-corrected chi connectivity index (χ4v) is 4.41. The van der Waals surface area contributed by atoms with Gasteiger partial charge in [0.2, 0.25) is 0 Å². The maximum atomic E-state index is 13.8. The van der Waals surface area contributed by atoms with Crippen LogP contribution in [0.15, 0.2) is 72.1 Å². The number of fused-ring (bicyclic) bond motifs is 1. The first-order valence-corrected chi connectivity index (χ1v) is 12.5. The van der Waals surface area contributed by atoms with Gasteiger partial charge < -0.3 is 15.2 Å². The van der Waals surface area contributed by atoms with Gasteiger partial charge >= 0.3 is 0 Å². The highest BCUT2D eigenvalue weighted by atomic mass is 19.1. The van der Waals surface area contributed by atoms with E-state index in [1.165, 1.54) is 18.2 Å². The van der Waals surface area contributed by atoms with Crippen LogP contribution in [0.25, 0.3) is 11.0 Å². The monoisotopic (exact) mass is 541 g/mol. The van der Waals surface area contributed by atoms with E-state index < -0.39 is 11.2 Å². The number of halogens is 2. The minimum absolute atomic E-state index is 0.0469. The first kappa shape index (κ1) is 28.1. The van der Waals surface area contributed by atoms with Gasteiger partial charge in [-0.25, -0.2) is 18.7 Å². The fraction of sp³-hybridized carbons (Fsp3) is 0.233. The molecule has 8 nitrogen and oxygen atoms in total. The second kappa shape index (κ2) is 11.9. The molecule has 2 N–H and O–H groups in total. The van der Waals surface area contributed by atoms with Crippen molar-refractivity contribution in [2.75, 3.05) is 24.3 Å². The Hall–Kier alpha value is -4.91. The molecule has 0 spiro atoms. The summed E-state index contributed by atoms with van der Waals surface area (Å²) >= 11 is 0. The van der Waals surface area contributed by atoms with Gasteiger partial charge in [-0.2, -0.15) is 5.26 Å². The summed E-state index contributed by atoms with van der Waals surface area (Å²) < 4.78 is 26.8. The first-order valence-electron chi connectivity index (χ1n) is 12.5. The normalized spacial score (nSPS) is 16.1. The Kier molecular flexibility index (Phi) is 8.34. The number of dihydropyridines is 1. The van der Waals surface area contributed by atoms with E-state index in [1.54, 1.807) is 45.6 Å². The number of nitrogens with zero attached hydrogens (tertiary/aromatic N) is 5. The highest BCUT2D eigenvalue weighted by Crippen LogP contribution is 2.33. The van der Waals surface area contributed by atoms with Crippen molar-refractivity contribution in [3.8, 4) is 6.07 Å². The predicted molar refractivity (Wildman–Crippen MR) is 153 cm³/mol. The quantitative estimate of drug-likeness (QED) is 0.300. The number of aromatic amines is 1. The number of nitriles is 1. The van der Waals surface area contributed by atoms with Crippen LogP contribution in [0, 0.1) is 23.0 Å². The number of likely N-dealkylation sites (N-methyl/N-ethyl adjacent to an activating group) is 1. The number of hydrogen-bond acceptors (Lipinski definition) is 7. The van der Waals surface area contributed by atoms with E-state index in [4.69, 9.17) is 5.26 Å². The summed E-state index contributed by atoms with van der Waals surface area (Å²) in [6.07, 6.45) is 9.61. The summed E-state index contributed by atoms with van der Waals surface area (Å²) in [6.45, 7) is 3.35. The molecule has 2 aromatic carbocycles. The number of anilines is 2. The van der Waals surface area contributed by atoms with Crippen molar-refractivity contribution in [2.24, 2.45) is 4.99 Å². The maximum Gasteiger partial charge on any atom is 0.150 e. The molecular weight excluding hydrogens is 512 g/mol. The van der Waals surface area contributed by atoms with Crippen LogP contribution in [0.5, 0.6) is 0 Å². The van der Waals surface area contributed by atoms with Gasteiger partial charge in [0.15, 0.2) is 0 Å². The highest BCUT2D eigenvalue weighted by Gasteiger charge is 2.29. The van der Waals surface area contributed by atoms with E-state index in [0.29, 0.717) is 17.5 Å². The number of carbonyl (C=O) groups is 1. The molecule has 0 amide bonds. The Morgan fingerprint density at radius 3 is 2.67 bits per heavy atom. The van der Waals surface area contributed by atoms with Gasteiger partial charge in [0.05, 0.1) is 28.8 Å². The molecule has 0 radical (unpaired) electrons. The van der Waals surface area contributed by atoms with Crippen LogP contribution >= 0.6 is 0 Å². The Morgan fingerprint density at radius 1 is 1.15 bits per heavy atom. The summed E-state index contributed by atoms with van der Waals surface area (Å²) in [6, 6.07) is 13.0. The molecule has 4 aromatic rings. The van der Waals surface area contributed by atoms with Crippen LogP contribution in [-0.4, -0.2) is 47.7 Å². The molecule has 0 saturated heterocycles. The third kappa shape index (κ3) is 5.89. The molecule has 0 aliphatic carbocycles. The van der Waals surface area contributed by atoms with Gasteiger partial charge in [0.1, 0.15) is 36.1 Å². The van der Waals surface area contributed by atoms with E-state index in [0.717, 1.165) is 28.5 Å². The van der Waals surface area contributed by atoms with Gasteiger partial charge in [-0.15, -0.1) is 0 Å². The molecule has 3 heterocycles. The Bertz CT molecular complexity index is 1620. The largest absolute Gasteiger partial charge is 0.386 e. The predicted octanol–water partition coefficient (Wildman–Crippen LogP) is 5.76. The molecule has 10 heteroatoms. The number of rotatable bonds is 6. The van der Waals surface area contributed by atoms with E-state index in [1.807, 2.05) is 30.3 Å². The molecule has 1 aliphatic heterocycles. The average molecular weight is 542 g/mol. The van der Waals surface area contributed by atoms with Crippen LogP contribution in [-0.2, 0) is 5.41 Å². The third-order valence-electron chi connectivity index (χ3n) is 6.75. The minimum Gasteiger partial charge on any atom is -0.386 e. The number of nitrogens with one attached hydrogen (secondary N) is 2. The van der Waals surface area contributed by atoms with Gasteiger partial charge in [-0.05, 0) is 68.0 Å². The number of aromatic nitrogens is 3. The molecule has 2 unspecified atom stereocenters. The molecular formula is C30H29F2N7O. The van der Waals surface area contributed by atoms with Gasteiger partial charge in [-0.3, -0.25) is 9.79 Å². The van der Waals surface area contributed by atoms with Crippen LogP contribution in [0.2, 0.25) is 0 Å². The number of H-pyrrole nitrogens is 1. The zero-order valence-corrected chi connectivity index (χ0v) is 22.6. The van der Waals surface area contributed by atoms with Crippen molar-refractivity contribution in [3.63, 3.8) is 0 Å². The second-order valence-corrected chi connectivity index (χ2v) is 9.77. The number of aliphatic imine (C=N–C) groups is 1. The Balaban J connectivity index is 0.000000224. The summed E-state index contributed by atoms with van der Waals surface area (Å²) in [5, 5.41) is 12.7. The zero-order valence-electron chi connectivity index (χ0n) is 22.6. The maximum absolute atomic E-state index is 13.8. The lowest BCUT2D eigenvalue weighted by atomic mass is 9.85. The van der Waals surface area contributed by atoms with Gasteiger partial charge in [-0.1, -0.05) is 6.08 Å². The van der Waals surface area contributed by atoms with Crippen LogP contribution in [0.3, 0.4) is 0 Å². The molecule has 2 aromatic heterocycles. The molecule has 0 fully saturated rings. The number of aldehydes is 1. The van der Waals surface area contributed by atoms with E-state index in [2.05, 4.69) is 37.4 Å². The molecule has 0 saturated carbocycles. The zero-order chi connectivity index (χ0) is 28.9. The first-order chi connectivity index (χ1) is 19.2. The minimum atomic E-state index is -0.778.